The van der Waals surface area contributed by atoms with Crippen LogP contribution in [-0.2, 0) is 24.3 Å². The van der Waals surface area contributed by atoms with Crippen LogP contribution in [0.25, 0.3) is 10.8 Å². The molecular weight excluding hydrogens is 463 g/mol. The summed E-state index contributed by atoms with van der Waals surface area (Å²) in [5.41, 5.74) is 7.56. The molecule has 10 nitrogen and oxygen atoms in total. The Bertz CT molecular complexity index is 1290. The van der Waals surface area contributed by atoms with E-state index in [0.717, 1.165) is 30.6 Å². The fourth-order valence-corrected chi connectivity index (χ4v) is 5.00. The number of nitrogens with one attached hydrogen (secondary N) is 1. The van der Waals surface area contributed by atoms with Gasteiger partial charge in [-0.25, -0.2) is 9.37 Å². The number of halogens is 1. The maximum atomic E-state index is 15.1. The first-order valence-corrected chi connectivity index (χ1v) is 12.3. The summed E-state index contributed by atoms with van der Waals surface area (Å²) < 4.78 is 16.9. The highest BCUT2D eigenvalue weighted by atomic mass is 19.1. The van der Waals surface area contributed by atoms with Gasteiger partial charge < -0.3 is 21.1 Å². The number of carbonyl (C=O) groups is 1. The highest BCUT2D eigenvalue weighted by Gasteiger charge is 2.26. The molecule has 4 heterocycles. The molecule has 5 rings (SSSR count). The van der Waals surface area contributed by atoms with Crippen molar-refractivity contribution in [3.05, 3.63) is 41.5 Å². The van der Waals surface area contributed by atoms with E-state index < -0.39 is 12.0 Å². The number of aliphatic hydroxyl groups is 1. The number of aromatic nitrogens is 3. The van der Waals surface area contributed by atoms with E-state index in [4.69, 9.17) is 5.73 Å². The average Bonchev–Trinajstić information content (AvgIpc) is 3.11. The molecule has 36 heavy (non-hydrogen) atoms. The number of rotatable bonds is 5. The molecule has 0 spiro atoms. The van der Waals surface area contributed by atoms with Crippen molar-refractivity contribution in [1.82, 2.24) is 29.5 Å². The van der Waals surface area contributed by atoms with Gasteiger partial charge >= 0.3 is 0 Å². The Hall–Kier alpha value is -3.28. The smallest absolute Gasteiger partial charge is 0.237 e. The van der Waals surface area contributed by atoms with Gasteiger partial charge in [0, 0.05) is 67.5 Å². The largest absolute Gasteiger partial charge is 0.396 e. The third-order valence-electron chi connectivity index (χ3n) is 7.07. The average molecular weight is 497 g/mol. The fraction of sp³-hybridized carbons (Fsp3) is 0.480. The van der Waals surface area contributed by atoms with Crippen molar-refractivity contribution in [1.29, 1.82) is 0 Å². The number of aliphatic hydroxyl groups excluding tert-OH is 1. The van der Waals surface area contributed by atoms with Gasteiger partial charge in [0.15, 0.2) is 11.6 Å². The lowest BCUT2D eigenvalue weighted by atomic mass is 10.0. The molecule has 1 unspecified atom stereocenters. The van der Waals surface area contributed by atoms with Crippen LogP contribution in [0.1, 0.15) is 25.1 Å². The van der Waals surface area contributed by atoms with Crippen LogP contribution in [0, 0.1) is 5.82 Å². The van der Waals surface area contributed by atoms with Crippen molar-refractivity contribution in [3.63, 3.8) is 0 Å². The molecule has 1 fully saturated rings. The second-order valence-corrected chi connectivity index (χ2v) is 10.00. The number of nitrogens with zero attached hydrogens (tertiary/aromatic N) is 6. The number of nitrogen functional groups attached to an aromatic ring is 1. The first-order valence-electron chi connectivity index (χ1n) is 12.3. The summed E-state index contributed by atoms with van der Waals surface area (Å²) in [6, 6.07) is 5.76. The minimum Gasteiger partial charge on any atom is -0.396 e. The van der Waals surface area contributed by atoms with Crippen LogP contribution in [0.2, 0.25) is 0 Å². The molecule has 1 aromatic carbocycles. The molecule has 1 amide bonds. The topological polar surface area (TPSA) is 116 Å². The lowest BCUT2D eigenvalue weighted by molar-refractivity contribution is -0.136. The first kappa shape index (κ1) is 24.4. The second-order valence-electron chi connectivity index (χ2n) is 10.00. The molecule has 0 bridgehead atoms. The van der Waals surface area contributed by atoms with Gasteiger partial charge in [0.1, 0.15) is 12.0 Å². The second kappa shape index (κ2) is 9.64. The van der Waals surface area contributed by atoms with Crippen molar-refractivity contribution < 1.29 is 14.3 Å². The van der Waals surface area contributed by atoms with Gasteiger partial charge in [0.05, 0.1) is 18.8 Å². The van der Waals surface area contributed by atoms with Gasteiger partial charge in [-0.2, -0.15) is 5.10 Å². The summed E-state index contributed by atoms with van der Waals surface area (Å²) in [7, 11) is 1.89. The van der Waals surface area contributed by atoms with Crippen molar-refractivity contribution in [3.8, 4) is 0 Å². The molecule has 4 N–H and O–H groups in total. The third kappa shape index (κ3) is 4.73. The first-order chi connectivity index (χ1) is 17.2. The predicted octanol–water partition coefficient (Wildman–Crippen LogP) is 1.76. The molecule has 192 valence electrons. The van der Waals surface area contributed by atoms with Gasteiger partial charge in [-0.15, -0.1) is 0 Å². The van der Waals surface area contributed by atoms with E-state index in [9.17, 15) is 9.90 Å². The van der Waals surface area contributed by atoms with Gasteiger partial charge in [0.25, 0.3) is 0 Å². The molecule has 2 aliphatic heterocycles. The number of likely N-dealkylation sites (N-methyl/N-ethyl adjacent to an activating group) is 1. The van der Waals surface area contributed by atoms with Crippen LogP contribution < -0.4 is 11.1 Å². The van der Waals surface area contributed by atoms with E-state index in [1.165, 1.54) is 0 Å². The maximum Gasteiger partial charge on any atom is 0.237 e. The Morgan fingerprint density at radius 3 is 2.78 bits per heavy atom. The van der Waals surface area contributed by atoms with Crippen LogP contribution in [0.5, 0.6) is 0 Å². The number of hydrogen-bond acceptors (Lipinski definition) is 8. The van der Waals surface area contributed by atoms with Gasteiger partial charge in [-0.05, 0) is 38.4 Å². The molecule has 2 aliphatic rings. The van der Waals surface area contributed by atoms with E-state index in [0.29, 0.717) is 42.2 Å². The number of fused-ring (bicyclic) bond motifs is 2. The number of carbonyl (C=O) groups excluding carboxylic acids is 1. The van der Waals surface area contributed by atoms with Gasteiger partial charge in [0.2, 0.25) is 5.91 Å². The Balaban J connectivity index is 1.37. The van der Waals surface area contributed by atoms with E-state index in [-0.39, 0.29) is 24.2 Å². The molecule has 11 heteroatoms. The summed E-state index contributed by atoms with van der Waals surface area (Å²) >= 11 is 0. The number of pyridine rings is 1. The Morgan fingerprint density at radius 1 is 1.22 bits per heavy atom. The van der Waals surface area contributed by atoms with Crippen LogP contribution in [0.4, 0.5) is 21.7 Å². The van der Waals surface area contributed by atoms with Gasteiger partial charge in [-0.3, -0.25) is 19.3 Å². The molecule has 0 aliphatic carbocycles. The van der Waals surface area contributed by atoms with Crippen LogP contribution >= 0.6 is 0 Å². The number of amides is 1. The van der Waals surface area contributed by atoms with E-state index in [2.05, 4.69) is 34.1 Å². The number of hydrogen-bond donors (Lipinski definition) is 3. The minimum absolute atomic E-state index is 0.0277. The van der Waals surface area contributed by atoms with Gasteiger partial charge in [-0.1, -0.05) is 0 Å². The number of nitrogens with two attached hydrogens (primary N) is 1. The normalized spacial score (nSPS) is 19.7. The number of benzene rings is 1. The van der Waals surface area contributed by atoms with Crippen molar-refractivity contribution in [2.75, 3.05) is 44.3 Å². The molecule has 3 aromatic rings. The SMILES string of the molecule is CC(C)N1CCc2cc(Nc3cc4cc(CN5CCN(C)CC5=O)c(F)c(N)c4cn3)nn2CC1O. The van der Waals surface area contributed by atoms with E-state index >= 15 is 4.39 Å². The van der Waals surface area contributed by atoms with Crippen LogP contribution in [0.15, 0.2) is 24.4 Å². The fourth-order valence-electron chi connectivity index (χ4n) is 5.00. The molecule has 2 aromatic heterocycles. The summed E-state index contributed by atoms with van der Waals surface area (Å²) in [6.07, 6.45) is 1.73. The summed E-state index contributed by atoms with van der Waals surface area (Å²) in [5, 5.41) is 19.7. The van der Waals surface area contributed by atoms with Crippen molar-refractivity contribution in [2.24, 2.45) is 0 Å². The van der Waals surface area contributed by atoms with E-state index in [1.807, 2.05) is 22.7 Å². The monoisotopic (exact) mass is 496 g/mol. The Kier molecular flexibility index (Phi) is 6.54. The zero-order valence-electron chi connectivity index (χ0n) is 20.9. The molecule has 1 atom stereocenters. The number of piperazine rings is 1. The zero-order chi connectivity index (χ0) is 25.6. The summed E-state index contributed by atoms with van der Waals surface area (Å²) in [5.74, 6) is 0.636. The highest BCUT2D eigenvalue weighted by molar-refractivity contribution is 5.95. The highest BCUT2D eigenvalue weighted by Crippen LogP contribution is 2.30. The Labute approximate surface area is 209 Å². The lowest BCUT2D eigenvalue weighted by Gasteiger charge is -2.32. The molecule has 0 radical (unpaired) electrons. The van der Waals surface area contributed by atoms with Crippen molar-refractivity contribution in [2.45, 2.75) is 45.6 Å². The van der Waals surface area contributed by atoms with E-state index in [1.54, 1.807) is 23.2 Å². The quantitative estimate of drug-likeness (QED) is 0.458. The third-order valence-corrected chi connectivity index (χ3v) is 7.07. The zero-order valence-corrected chi connectivity index (χ0v) is 20.9. The predicted molar refractivity (Wildman–Crippen MR) is 136 cm³/mol. The molecular formula is C25H33FN8O2. The maximum absolute atomic E-state index is 15.1. The van der Waals surface area contributed by atoms with Crippen molar-refractivity contribution >= 4 is 34.0 Å². The minimum atomic E-state index is -0.596. The van der Waals surface area contributed by atoms with Crippen LogP contribution in [0.3, 0.4) is 0 Å². The Morgan fingerprint density at radius 2 is 2.03 bits per heavy atom. The summed E-state index contributed by atoms with van der Waals surface area (Å²) in [4.78, 5) is 22.5. The lowest BCUT2D eigenvalue weighted by Crippen LogP contribution is -2.48. The molecule has 1 saturated heterocycles. The van der Waals surface area contributed by atoms with Crippen LogP contribution in [-0.4, -0.2) is 86.0 Å². The molecule has 0 saturated carbocycles. The number of anilines is 3. The summed E-state index contributed by atoms with van der Waals surface area (Å²) in [6.45, 7) is 7.08. The standard InChI is InChI=1S/C25H33FN8O2/c1-15(2)33-5-4-18-10-21(30-34(18)14-23(33)36)29-20-9-16-8-17(24(26)25(27)19(16)11-28-20)12-32-7-6-31(3)13-22(32)35/h8-11,15,23,36H,4-7,12-14,27H2,1-3H3,(H,28,29,30).